The normalized spacial score (nSPS) is 6.65. The molecule has 1 amide bonds. The SMILES string of the molecule is CC.CC.CCC(=O)Nc1[c-]c[c-]cc1.[Rb+].[Rb+]. The number of anilines is 1. The average Bonchev–Trinajstić information content (AvgIpc) is 2.35. The molecule has 1 N–H and O–H groups in total. The van der Waals surface area contributed by atoms with Gasteiger partial charge in [0.05, 0.1) is 0 Å². The average molecular weight is 378 g/mol. The van der Waals surface area contributed by atoms with Gasteiger partial charge in [0.15, 0.2) is 0 Å². The molecular weight excluding hydrogens is 357 g/mol. The van der Waals surface area contributed by atoms with Crippen molar-refractivity contribution in [2.45, 2.75) is 41.0 Å². The van der Waals surface area contributed by atoms with Crippen molar-refractivity contribution in [3.05, 3.63) is 30.3 Å². The van der Waals surface area contributed by atoms with E-state index < -0.39 is 0 Å². The molecule has 17 heavy (non-hydrogen) atoms. The summed E-state index contributed by atoms with van der Waals surface area (Å²) in [6.45, 7) is 9.81. The Balaban J connectivity index is -0.000000128. The van der Waals surface area contributed by atoms with Gasteiger partial charge < -0.3 is 23.5 Å². The number of rotatable bonds is 2. The maximum absolute atomic E-state index is 10.8. The summed E-state index contributed by atoms with van der Waals surface area (Å²) in [7, 11) is 0. The van der Waals surface area contributed by atoms with Crippen LogP contribution in [0.5, 0.6) is 0 Å². The smallest absolute Gasteiger partial charge is 0.372 e. The summed E-state index contributed by atoms with van der Waals surface area (Å²) in [6, 6.07) is 10.8. The predicted octanol–water partition coefficient (Wildman–Crippen LogP) is -2.30. The van der Waals surface area contributed by atoms with E-state index in [2.05, 4.69) is 17.4 Å². The van der Waals surface area contributed by atoms with Crippen LogP contribution in [0.3, 0.4) is 0 Å². The minimum Gasteiger partial charge on any atom is -0.372 e. The molecule has 0 aliphatic rings. The first-order valence-electron chi connectivity index (χ1n) is 5.50. The first kappa shape index (κ1) is 27.6. The second-order valence-electron chi connectivity index (χ2n) is 2.10. The molecule has 0 saturated heterocycles. The topological polar surface area (TPSA) is 29.1 Å². The van der Waals surface area contributed by atoms with Gasteiger partial charge in [-0.1, -0.05) is 34.6 Å². The van der Waals surface area contributed by atoms with Gasteiger partial charge in [-0.3, -0.25) is 16.9 Å². The fraction of sp³-hybridized carbons (Fsp3) is 0.462. The molecule has 1 aromatic rings. The zero-order valence-electron chi connectivity index (χ0n) is 12.3. The largest absolute Gasteiger partial charge is 1.00 e. The van der Waals surface area contributed by atoms with Crippen LogP contribution in [-0.4, -0.2) is 5.91 Å². The van der Waals surface area contributed by atoms with Crippen LogP contribution in [0.4, 0.5) is 5.69 Å². The first-order valence-corrected chi connectivity index (χ1v) is 5.50. The van der Waals surface area contributed by atoms with Crippen molar-refractivity contribution in [3.63, 3.8) is 0 Å². The van der Waals surface area contributed by atoms with E-state index in [0.29, 0.717) is 12.1 Å². The molecule has 0 fully saturated rings. The number of carbonyl (C=O) groups excluding carboxylic acids is 1. The molecule has 0 heterocycles. The van der Waals surface area contributed by atoms with Gasteiger partial charge in [-0.15, -0.1) is 0 Å². The van der Waals surface area contributed by atoms with Gasteiger partial charge in [-0.25, -0.2) is 0 Å². The summed E-state index contributed by atoms with van der Waals surface area (Å²) >= 11 is 0. The number of carbonyl (C=O) groups is 1. The number of hydrogen-bond donors (Lipinski definition) is 1. The molecule has 86 valence electrons. The Labute approximate surface area is 204 Å². The third-order valence-electron chi connectivity index (χ3n) is 1.25. The Morgan fingerprint density at radius 2 is 1.76 bits per heavy atom. The number of hydrogen-bond acceptors (Lipinski definition) is 1. The van der Waals surface area contributed by atoms with Gasteiger partial charge in [0, 0.05) is 6.42 Å². The van der Waals surface area contributed by atoms with Crippen LogP contribution in [0.1, 0.15) is 41.0 Å². The minimum atomic E-state index is 0. The van der Waals surface area contributed by atoms with E-state index >= 15 is 0 Å². The molecule has 0 atom stereocenters. The minimum absolute atomic E-state index is 0. The molecule has 0 aliphatic heterocycles. The standard InChI is InChI=1S/C9H9NO.2C2H6.2Rb/c1-2-9(11)10-8-6-4-3-5-7-8;2*1-2;;/h4-6H,2H2,1H3,(H,10,11);2*1-2H3;;/q-2;;;2*+1. The number of nitrogens with one attached hydrogen (secondary N) is 1. The summed E-state index contributed by atoms with van der Waals surface area (Å²) in [5.74, 6) is 0.00690. The maximum Gasteiger partial charge on any atom is 1.00 e. The van der Waals surface area contributed by atoms with Gasteiger partial charge in [0.25, 0.3) is 0 Å². The zero-order valence-corrected chi connectivity index (χ0v) is 22.2. The van der Waals surface area contributed by atoms with E-state index in [0.717, 1.165) is 0 Å². The Bertz CT molecular complexity index is 240. The molecular formula is C13H21NORb2. The van der Waals surface area contributed by atoms with E-state index in [4.69, 9.17) is 0 Å². The number of amides is 1. The summed E-state index contributed by atoms with van der Waals surface area (Å²) in [5, 5.41) is 2.68. The Hall–Kier alpha value is 2.30. The quantitative estimate of drug-likeness (QED) is 0.577. The molecule has 1 aromatic carbocycles. The van der Waals surface area contributed by atoms with Crippen LogP contribution in [0.15, 0.2) is 18.2 Å². The second-order valence-corrected chi connectivity index (χ2v) is 2.10. The summed E-state index contributed by atoms with van der Waals surface area (Å²) in [4.78, 5) is 10.8. The molecule has 0 radical (unpaired) electrons. The summed E-state index contributed by atoms with van der Waals surface area (Å²) < 4.78 is 0. The van der Waals surface area contributed by atoms with Gasteiger partial charge in [-0.05, 0) is 0 Å². The molecule has 1 rings (SSSR count). The summed E-state index contributed by atoms with van der Waals surface area (Å²) in [5.41, 5.74) is 0.704. The van der Waals surface area contributed by atoms with E-state index in [-0.39, 0.29) is 122 Å². The van der Waals surface area contributed by atoms with Crippen LogP contribution in [0.2, 0.25) is 0 Å². The van der Waals surface area contributed by atoms with Crippen molar-refractivity contribution < 1.29 is 121 Å². The molecule has 0 unspecified atom stereocenters. The van der Waals surface area contributed by atoms with Crippen LogP contribution in [0.25, 0.3) is 0 Å². The third-order valence-corrected chi connectivity index (χ3v) is 1.25. The fourth-order valence-corrected chi connectivity index (χ4v) is 0.663. The zero-order chi connectivity index (χ0) is 12.1. The maximum atomic E-state index is 10.8. The van der Waals surface area contributed by atoms with Gasteiger partial charge in [0.1, 0.15) is 0 Å². The van der Waals surface area contributed by atoms with Gasteiger partial charge in [-0.2, -0.15) is 5.69 Å². The van der Waals surface area contributed by atoms with E-state index in [9.17, 15) is 4.79 Å². The third kappa shape index (κ3) is 18.3. The molecule has 0 saturated carbocycles. The van der Waals surface area contributed by atoms with E-state index in [1.165, 1.54) is 0 Å². The molecule has 0 aliphatic carbocycles. The molecule has 2 nitrogen and oxygen atoms in total. The van der Waals surface area contributed by atoms with Crippen molar-refractivity contribution in [2.24, 2.45) is 0 Å². The van der Waals surface area contributed by atoms with Crippen molar-refractivity contribution in [2.75, 3.05) is 5.32 Å². The van der Waals surface area contributed by atoms with Crippen LogP contribution < -0.4 is 122 Å². The van der Waals surface area contributed by atoms with Crippen molar-refractivity contribution >= 4 is 11.6 Å². The van der Waals surface area contributed by atoms with Crippen LogP contribution in [0, 0.1) is 12.1 Å². The molecule has 0 spiro atoms. The monoisotopic (exact) mass is 377 g/mol. The second kappa shape index (κ2) is 23.4. The van der Waals surface area contributed by atoms with E-state index in [1.807, 2.05) is 34.6 Å². The van der Waals surface area contributed by atoms with Crippen molar-refractivity contribution in [1.82, 2.24) is 0 Å². The fourth-order valence-electron chi connectivity index (χ4n) is 0.663. The molecule has 0 bridgehead atoms. The van der Waals surface area contributed by atoms with Crippen molar-refractivity contribution in [3.8, 4) is 0 Å². The van der Waals surface area contributed by atoms with Crippen LogP contribution >= 0.6 is 0 Å². The van der Waals surface area contributed by atoms with Gasteiger partial charge in [0.2, 0.25) is 5.91 Å². The van der Waals surface area contributed by atoms with E-state index in [1.54, 1.807) is 18.2 Å². The predicted molar refractivity (Wildman–Crippen MR) is 65.7 cm³/mol. The molecule has 4 heteroatoms. The van der Waals surface area contributed by atoms with Crippen LogP contribution in [-0.2, 0) is 4.79 Å². The first-order chi connectivity index (χ1) is 7.33. The Kier molecular flexibility index (Phi) is 38.0. The molecule has 0 aromatic heterocycles. The number of benzene rings is 1. The summed E-state index contributed by atoms with van der Waals surface area (Å²) in [6.07, 6.45) is 0.493. The van der Waals surface area contributed by atoms with Gasteiger partial charge >= 0.3 is 116 Å². The Morgan fingerprint density at radius 3 is 2.12 bits per heavy atom. The Morgan fingerprint density at radius 1 is 1.24 bits per heavy atom. The van der Waals surface area contributed by atoms with Crippen molar-refractivity contribution in [1.29, 1.82) is 0 Å².